The van der Waals surface area contributed by atoms with E-state index >= 15 is 0 Å². The highest BCUT2D eigenvalue weighted by Crippen LogP contribution is 2.39. The number of urea groups is 1. The van der Waals surface area contributed by atoms with Gasteiger partial charge in [-0.05, 0) is 43.5 Å². The summed E-state index contributed by atoms with van der Waals surface area (Å²) in [5.74, 6) is 2.22. The maximum atomic E-state index is 12.2. The molecule has 7 nitrogen and oxygen atoms in total. The number of aryl methyl sites for hydroxylation is 3. The van der Waals surface area contributed by atoms with Crippen LogP contribution in [0.4, 0.5) is 10.5 Å². The molecule has 2 aromatic carbocycles. The highest BCUT2D eigenvalue weighted by atomic mass is 16.5. The van der Waals surface area contributed by atoms with E-state index in [1.54, 1.807) is 12.1 Å². The number of rotatable bonds is 8. The van der Waals surface area contributed by atoms with Gasteiger partial charge in [-0.25, -0.2) is 4.79 Å². The minimum absolute atomic E-state index is 0.352. The van der Waals surface area contributed by atoms with Crippen molar-refractivity contribution in [3.63, 3.8) is 0 Å². The Morgan fingerprint density at radius 2 is 1.43 bits per heavy atom. The first-order valence-corrected chi connectivity index (χ1v) is 8.95. The van der Waals surface area contributed by atoms with Crippen molar-refractivity contribution >= 4 is 11.7 Å². The van der Waals surface area contributed by atoms with Crippen molar-refractivity contribution in [1.82, 2.24) is 5.32 Å². The number of amides is 2. The third-order valence-corrected chi connectivity index (χ3v) is 4.36. The normalized spacial score (nSPS) is 10.2. The molecule has 2 amide bonds. The third-order valence-electron chi connectivity index (χ3n) is 4.36. The van der Waals surface area contributed by atoms with Crippen LogP contribution >= 0.6 is 0 Å². The van der Waals surface area contributed by atoms with Crippen LogP contribution in [-0.4, -0.2) is 40.5 Å². The Kier molecular flexibility index (Phi) is 7.37. The number of anilines is 1. The Hall–Kier alpha value is -3.09. The fraction of sp³-hybridized carbons (Fsp3) is 0.381. The summed E-state index contributed by atoms with van der Waals surface area (Å²) in [5, 5.41) is 5.51. The number of methoxy groups -OCH3 is 3. The largest absolute Gasteiger partial charge is 0.493 e. The number of benzene rings is 2. The second-order valence-electron chi connectivity index (χ2n) is 6.35. The topological polar surface area (TPSA) is 78.1 Å². The van der Waals surface area contributed by atoms with Gasteiger partial charge in [-0.1, -0.05) is 6.07 Å². The lowest BCUT2D eigenvalue weighted by Crippen LogP contribution is -2.32. The van der Waals surface area contributed by atoms with E-state index in [2.05, 4.69) is 23.6 Å². The molecule has 0 radical (unpaired) electrons. The van der Waals surface area contributed by atoms with Crippen LogP contribution in [0.5, 0.6) is 23.0 Å². The number of carbonyl (C=O) groups is 1. The maximum Gasteiger partial charge on any atom is 0.319 e. The van der Waals surface area contributed by atoms with Gasteiger partial charge in [0, 0.05) is 12.1 Å². The molecule has 0 unspecified atom stereocenters. The van der Waals surface area contributed by atoms with Crippen molar-refractivity contribution in [2.24, 2.45) is 0 Å². The van der Waals surface area contributed by atoms with E-state index in [1.165, 1.54) is 32.5 Å². The second-order valence-corrected chi connectivity index (χ2v) is 6.35. The summed E-state index contributed by atoms with van der Waals surface area (Å²) in [4.78, 5) is 12.2. The average Bonchev–Trinajstić information content (AvgIpc) is 2.67. The van der Waals surface area contributed by atoms with Gasteiger partial charge >= 0.3 is 6.03 Å². The van der Waals surface area contributed by atoms with Gasteiger partial charge in [0.1, 0.15) is 12.4 Å². The number of ether oxygens (including phenoxy) is 4. The van der Waals surface area contributed by atoms with Crippen molar-refractivity contribution in [1.29, 1.82) is 0 Å². The van der Waals surface area contributed by atoms with Crippen LogP contribution in [0.25, 0.3) is 0 Å². The molecule has 2 N–H and O–H groups in total. The third kappa shape index (κ3) is 5.22. The first kappa shape index (κ1) is 21.2. The minimum Gasteiger partial charge on any atom is -0.493 e. The van der Waals surface area contributed by atoms with Crippen LogP contribution < -0.4 is 29.6 Å². The zero-order chi connectivity index (χ0) is 20.7. The molecule has 0 bridgehead atoms. The summed E-state index contributed by atoms with van der Waals surface area (Å²) in [7, 11) is 4.57. The molecule has 0 aromatic heterocycles. The van der Waals surface area contributed by atoms with Gasteiger partial charge < -0.3 is 29.6 Å². The molecule has 0 spiro atoms. The molecule has 0 saturated carbocycles. The monoisotopic (exact) mass is 388 g/mol. The van der Waals surface area contributed by atoms with Crippen molar-refractivity contribution < 1.29 is 23.7 Å². The molecule has 0 saturated heterocycles. The zero-order valence-electron chi connectivity index (χ0n) is 17.3. The smallest absolute Gasteiger partial charge is 0.319 e. The van der Waals surface area contributed by atoms with Crippen molar-refractivity contribution in [3.05, 3.63) is 41.0 Å². The van der Waals surface area contributed by atoms with E-state index in [0.29, 0.717) is 36.1 Å². The van der Waals surface area contributed by atoms with Gasteiger partial charge in [-0.15, -0.1) is 0 Å². The molecular formula is C21H28N2O5. The maximum absolute atomic E-state index is 12.2. The molecule has 7 heteroatoms. The Morgan fingerprint density at radius 3 is 2.00 bits per heavy atom. The van der Waals surface area contributed by atoms with Gasteiger partial charge in [0.2, 0.25) is 5.75 Å². The summed E-state index contributed by atoms with van der Waals surface area (Å²) >= 11 is 0. The van der Waals surface area contributed by atoms with Crippen LogP contribution in [0.15, 0.2) is 24.3 Å². The van der Waals surface area contributed by atoms with E-state index in [9.17, 15) is 4.79 Å². The van der Waals surface area contributed by atoms with E-state index in [-0.39, 0.29) is 6.03 Å². The standard InChI is InChI=1S/C21H28N2O5/c1-13-9-15(3)17(10-14(13)2)28-8-7-22-21(24)23-16-11-18(25-4)20(27-6)19(12-16)26-5/h9-12H,7-8H2,1-6H3,(H2,22,23,24). The van der Waals surface area contributed by atoms with E-state index in [1.807, 2.05) is 19.9 Å². The molecule has 28 heavy (non-hydrogen) atoms. The van der Waals surface area contributed by atoms with Crippen LogP contribution in [0.3, 0.4) is 0 Å². The number of carbonyl (C=O) groups excluding carboxylic acids is 1. The quantitative estimate of drug-likeness (QED) is 0.672. The van der Waals surface area contributed by atoms with Crippen LogP contribution in [0, 0.1) is 20.8 Å². The van der Waals surface area contributed by atoms with Gasteiger partial charge in [0.05, 0.1) is 33.6 Å². The summed E-state index contributed by atoms with van der Waals surface area (Å²) in [6.45, 7) is 6.85. The van der Waals surface area contributed by atoms with Gasteiger partial charge in [0.15, 0.2) is 11.5 Å². The summed E-state index contributed by atoms with van der Waals surface area (Å²) in [6.07, 6.45) is 0. The lowest BCUT2D eigenvalue weighted by atomic mass is 10.1. The van der Waals surface area contributed by atoms with E-state index in [4.69, 9.17) is 18.9 Å². The fourth-order valence-corrected chi connectivity index (χ4v) is 2.74. The predicted molar refractivity (Wildman–Crippen MR) is 109 cm³/mol. The molecule has 2 rings (SSSR count). The highest BCUT2D eigenvalue weighted by molar-refractivity contribution is 5.90. The molecular weight excluding hydrogens is 360 g/mol. The molecule has 0 atom stereocenters. The lowest BCUT2D eigenvalue weighted by molar-refractivity contribution is 0.247. The van der Waals surface area contributed by atoms with Crippen LogP contribution in [0.1, 0.15) is 16.7 Å². The lowest BCUT2D eigenvalue weighted by Gasteiger charge is -2.15. The first-order valence-electron chi connectivity index (χ1n) is 8.95. The minimum atomic E-state index is -0.352. The molecule has 152 valence electrons. The van der Waals surface area contributed by atoms with Crippen molar-refractivity contribution in [2.75, 3.05) is 39.8 Å². The summed E-state index contributed by atoms with van der Waals surface area (Å²) < 4.78 is 21.6. The Morgan fingerprint density at radius 1 is 0.821 bits per heavy atom. The first-order chi connectivity index (χ1) is 13.4. The van der Waals surface area contributed by atoms with Gasteiger partial charge in [0.25, 0.3) is 0 Å². The zero-order valence-corrected chi connectivity index (χ0v) is 17.3. The van der Waals surface area contributed by atoms with Crippen molar-refractivity contribution in [3.8, 4) is 23.0 Å². The predicted octanol–water partition coefficient (Wildman–Crippen LogP) is 3.84. The molecule has 0 aliphatic heterocycles. The Labute approximate surface area is 165 Å². The Bertz CT molecular complexity index is 811. The highest BCUT2D eigenvalue weighted by Gasteiger charge is 2.14. The van der Waals surface area contributed by atoms with Crippen LogP contribution in [0.2, 0.25) is 0 Å². The molecule has 0 aliphatic carbocycles. The second kappa shape index (κ2) is 9.73. The molecule has 2 aromatic rings. The number of hydrogen-bond donors (Lipinski definition) is 2. The summed E-state index contributed by atoms with van der Waals surface area (Å²) in [5.41, 5.74) is 4.00. The number of hydrogen-bond acceptors (Lipinski definition) is 5. The molecule has 0 fully saturated rings. The Balaban J connectivity index is 1.90. The van der Waals surface area contributed by atoms with Gasteiger partial charge in [-0.3, -0.25) is 0 Å². The van der Waals surface area contributed by atoms with E-state index < -0.39 is 0 Å². The fourth-order valence-electron chi connectivity index (χ4n) is 2.74. The van der Waals surface area contributed by atoms with Crippen molar-refractivity contribution in [2.45, 2.75) is 20.8 Å². The SMILES string of the molecule is COc1cc(NC(=O)NCCOc2cc(C)c(C)cc2C)cc(OC)c1OC. The summed E-state index contributed by atoms with van der Waals surface area (Å²) in [6, 6.07) is 7.08. The molecule has 0 aliphatic rings. The van der Waals surface area contributed by atoms with Crippen LogP contribution in [-0.2, 0) is 0 Å². The molecule has 0 heterocycles. The van der Waals surface area contributed by atoms with E-state index in [0.717, 1.165) is 11.3 Å². The number of nitrogens with one attached hydrogen (secondary N) is 2. The van der Waals surface area contributed by atoms with Gasteiger partial charge in [-0.2, -0.15) is 0 Å². The average molecular weight is 388 g/mol.